The fourth-order valence-corrected chi connectivity index (χ4v) is 4.22. The minimum Gasteiger partial charge on any atom is -0.386 e. The molecule has 0 bridgehead atoms. The van der Waals surface area contributed by atoms with Crippen molar-refractivity contribution in [3.05, 3.63) is 65.0 Å². The first kappa shape index (κ1) is 22.8. The van der Waals surface area contributed by atoms with Crippen LogP contribution >= 0.6 is 11.3 Å². The molecule has 7 heteroatoms. The molecule has 164 valence electrons. The van der Waals surface area contributed by atoms with Crippen LogP contribution in [0.3, 0.4) is 0 Å². The summed E-state index contributed by atoms with van der Waals surface area (Å²) in [5.41, 5.74) is 1.78. The summed E-state index contributed by atoms with van der Waals surface area (Å²) in [7, 11) is 0. The van der Waals surface area contributed by atoms with E-state index in [4.69, 9.17) is 0 Å². The summed E-state index contributed by atoms with van der Waals surface area (Å²) in [5, 5.41) is 21.1. The van der Waals surface area contributed by atoms with E-state index < -0.39 is 6.10 Å². The molecular formula is C24H30N4O2S. The Morgan fingerprint density at radius 2 is 1.94 bits per heavy atom. The zero-order valence-electron chi connectivity index (χ0n) is 18.0. The highest BCUT2D eigenvalue weighted by Crippen LogP contribution is 2.29. The molecule has 3 aromatic rings. The van der Waals surface area contributed by atoms with E-state index in [2.05, 4.69) is 33.1 Å². The normalized spacial score (nSPS) is 12.5. The first-order valence-corrected chi connectivity index (χ1v) is 11.5. The maximum Gasteiger partial charge on any atom is 0.224 e. The van der Waals surface area contributed by atoms with Crippen LogP contribution in [-0.2, 0) is 11.3 Å². The summed E-state index contributed by atoms with van der Waals surface area (Å²) in [5.74, 6) is 0.663. The second-order valence-corrected chi connectivity index (χ2v) is 8.39. The predicted octanol–water partition coefficient (Wildman–Crippen LogP) is 4.43. The molecule has 2 aromatic carbocycles. The Morgan fingerprint density at radius 3 is 2.71 bits per heavy atom. The minimum absolute atomic E-state index is 0.0217. The highest BCUT2D eigenvalue weighted by Gasteiger charge is 2.12. The number of benzene rings is 2. The van der Waals surface area contributed by atoms with Crippen LogP contribution < -0.4 is 16.0 Å². The van der Waals surface area contributed by atoms with Gasteiger partial charge < -0.3 is 21.1 Å². The fraction of sp³-hybridized carbons (Fsp3) is 0.333. The van der Waals surface area contributed by atoms with Crippen molar-refractivity contribution in [3.63, 3.8) is 0 Å². The smallest absolute Gasteiger partial charge is 0.224 e. The van der Waals surface area contributed by atoms with Crippen LogP contribution in [-0.4, -0.2) is 30.1 Å². The van der Waals surface area contributed by atoms with E-state index in [9.17, 15) is 9.90 Å². The van der Waals surface area contributed by atoms with Crippen molar-refractivity contribution in [2.45, 2.75) is 39.3 Å². The van der Waals surface area contributed by atoms with Gasteiger partial charge in [0.15, 0.2) is 5.96 Å². The number of rotatable bonds is 9. The average molecular weight is 439 g/mol. The Hall–Kier alpha value is -2.90. The molecule has 3 rings (SSSR count). The molecule has 0 spiro atoms. The van der Waals surface area contributed by atoms with Gasteiger partial charge in [-0.3, -0.25) is 4.79 Å². The van der Waals surface area contributed by atoms with Crippen molar-refractivity contribution in [2.24, 2.45) is 4.99 Å². The van der Waals surface area contributed by atoms with E-state index in [0.29, 0.717) is 25.5 Å². The molecule has 31 heavy (non-hydrogen) atoms. The van der Waals surface area contributed by atoms with Gasteiger partial charge in [-0.25, -0.2) is 4.99 Å². The molecule has 0 saturated heterocycles. The maximum absolute atomic E-state index is 11.8. The molecule has 4 N–H and O–H groups in total. The van der Waals surface area contributed by atoms with Crippen molar-refractivity contribution in [1.29, 1.82) is 0 Å². The maximum atomic E-state index is 11.8. The second-order valence-electron chi connectivity index (χ2n) is 7.28. The monoisotopic (exact) mass is 438 g/mol. The zero-order chi connectivity index (χ0) is 22.1. The van der Waals surface area contributed by atoms with Crippen LogP contribution in [0.2, 0.25) is 0 Å². The van der Waals surface area contributed by atoms with Crippen molar-refractivity contribution >= 4 is 39.0 Å². The first-order valence-electron chi connectivity index (χ1n) is 10.7. The Morgan fingerprint density at radius 1 is 1.10 bits per heavy atom. The van der Waals surface area contributed by atoms with E-state index in [0.717, 1.165) is 34.5 Å². The lowest BCUT2D eigenvalue weighted by Crippen LogP contribution is -2.39. The number of anilines is 1. The van der Waals surface area contributed by atoms with Gasteiger partial charge in [0.05, 0.1) is 6.54 Å². The number of carbonyl (C=O) groups is 1. The van der Waals surface area contributed by atoms with Crippen molar-refractivity contribution in [1.82, 2.24) is 10.6 Å². The van der Waals surface area contributed by atoms with Crippen LogP contribution in [0.1, 0.15) is 43.2 Å². The molecule has 0 saturated carbocycles. The number of aliphatic hydroxyl groups excluding tert-OH is 1. The molecule has 1 atom stereocenters. The quantitative estimate of drug-likeness (QED) is 0.294. The Labute approximate surface area is 187 Å². The zero-order valence-corrected chi connectivity index (χ0v) is 18.8. The van der Waals surface area contributed by atoms with Crippen LogP contribution in [0.4, 0.5) is 5.69 Å². The molecule has 6 nitrogen and oxygen atoms in total. The molecule has 0 aliphatic rings. The third-order valence-corrected chi connectivity index (χ3v) is 5.90. The lowest BCUT2D eigenvalue weighted by atomic mass is 10.2. The average Bonchev–Trinajstić information content (AvgIpc) is 3.20. The van der Waals surface area contributed by atoms with E-state index in [1.807, 2.05) is 56.3 Å². The Balaban J connectivity index is 1.60. The van der Waals surface area contributed by atoms with Gasteiger partial charge in [-0.1, -0.05) is 37.3 Å². The van der Waals surface area contributed by atoms with E-state index in [-0.39, 0.29) is 5.91 Å². The number of aliphatic imine (C=N–C) groups is 1. The first-order chi connectivity index (χ1) is 15.1. The van der Waals surface area contributed by atoms with Crippen molar-refractivity contribution in [3.8, 4) is 0 Å². The van der Waals surface area contributed by atoms with Gasteiger partial charge in [-0.2, -0.15) is 0 Å². The number of amides is 1. The lowest BCUT2D eigenvalue weighted by molar-refractivity contribution is -0.116. The van der Waals surface area contributed by atoms with Gasteiger partial charge in [-0.05, 0) is 48.6 Å². The summed E-state index contributed by atoms with van der Waals surface area (Å²) >= 11 is 1.61. The summed E-state index contributed by atoms with van der Waals surface area (Å²) in [6.07, 6.45) is 0.721. The van der Waals surface area contributed by atoms with E-state index in [1.165, 1.54) is 4.70 Å². The molecule has 0 fully saturated rings. The van der Waals surface area contributed by atoms with Gasteiger partial charge in [0, 0.05) is 34.8 Å². The van der Waals surface area contributed by atoms with Crippen LogP contribution in [0, 0.1) is 0 Å². The standard InChI is InChI=1S/C24H30N4O2S/c1-3-8-23(30)28-19-11-7-9-17(13-19)15-26-24(25-4-2)27-16-20(29)22-14-18-10-5-6-12-21(18)31-22/h5-7,9-14,20,29H,3-4,8,15-16H2,1-2H3,(H,28,30)(H2,25,26,27). The molecular weight excluding hydrogens is 408 g/mol. The third-order valence-electron chi connectivity index (χ3n) is 4.69. The van der Waals surface area contributed by atoms with Crippen LogP contribution in [0.25, 0.3) is 10.1 Å². The van der Waals surface area contributed by atoms with E-state index in [1.54, 1.807) is 11.3 Å². The molecule has 1 aromatic heterocycles. The number of carbonyl (C=O) groups excluding carboxylic acids is 1. The predicted molar refractivity (Wildman–Crippen MR) is 130 cm³/mol. The van der Waals surface area contributed by atoms with Gasteiger partial charge in [0.1, 0.15) is 6.10 Å². The van der Waals surface area contributed by atoms with Crippen molar-refractivity contribution < 1.29 is 9.90 Å². The summed E-state index contributed by atoms with van der Waals surface area (Å²) in [6, 6.07) is 17.9. The number of hydrogen-bond donors (Lipinski definition) is 4. The highest BCUT2D eigenvalue weighted by molar-refractivity contribution is 7.19. The largest absolute Gasteiger partial charge is 0.386 e. The van der Waals surface area contributed by atoms with Crippen LogP contribution in [0.15, 0.2) is 59.6 Å². The summed E-state index contributed by atoms with van der Waals surface area (Å²) in [6.45, 7) is 5.54. The molecule has 0 aliphatic heterocycles. The minimum atomic E-state index is -0.613. The topological polar surface area (TPSA) is 85.8 Å². The van der Waals surface area contributed by atoms with Gasteiger partial charge in [0.25, 0.3) is 0 Å². The Kier molecular flexibility index (Phi) is 8.44. The number of thiophene rings is 1. The fourth-order valence-electron chi connectivity index (χ4n) is 3.17. The van der Waals surface area contributed by atoms with Crippen molar-refractivity contribution in [2.75, 3.05) is 18.4 Å². The van der Waals surface area contributed by atoms with Crippen LogP contribution in [0.5, 0.6) is 0 Å². The molecule has 0 aliphatic carbocycles. The van der Waals surface area contributed by atoms with Gasteiger partial charge in [0.2, 0.25) is 5.91 Å². The highest BCUT2D eigenvalue weighted by atomic mass is 32.1. The van der Waals surface area contributed by atoms with E-state index >= 15 is 0 Å². The SMILES string of the molecule is CCCC(=O)Nc1cccc(CN=C(NCC)NCC(O)c2cc3ccccc3s2)c1. The molecule has 1 heterocycles. The number of hydrogen-bond acceptors (Lipinski definition) is 4. The van der Waals surface area contributed by atoms with Gasteiger partial charge >= 0.3 is 0 Å². The number of aliphatic hydroxyl groups is 1. The molecule has 1 amide bonds. The summed E-state index contributed by atoms with van der Waals surface area (Å²) < 4.78 is 1.17. The third kappa shape index (κ3) is 6.80. The molecule has 0 radical (unpaired) electrons. The molecule has 1 unspecified atom stereocenters. The number of nitrogens with one attached hydrogen (secondary N) is 3. The summed E-state index contributed by atoms with van der Waals surface area (Å²) in [4.78, 5) is 17.4. The number of nitrogens with zero attached hydrogens (tertiary/aromatic N) is 1. The van der Waals surface area contributed by atoms with Gasteiger partial charge in [-0.15, -0.1) is 11.3 Å². The number of fused-ring (bicyclic) bond motifs is 1. The number of guanidine groups is 1. The second kappa shape index (κ2) is 11.5. The lowest BCUT2D eigenvalue weighted by Gasteiger charge is -2.14. The Bertz CT molecular complexity index is 998.